The van der Waals surface area contributed by atoms with Crippen molar-refractivity contribution in [3.8, 4) is 0 Å². The summed E-state index contributed by atoms with van der Waals surface area (Å²) >= 11 is 0. The van der Waals surface area contributed by atoms with Gasteiger partial charge in [-0.15, -0.1) is 0 Å². The summed E-state index contributed by atoms with van der Waals surface area (Å²) in [5, 5.41) is 0. The maximum atomic E-state index is 6.30. The Morgan fingerprint density at radius 1 is 1.07 bits per heavy atom. The summed E-state index contributed by atoms with van der Waals surface area (Å²) in [6.45, 7) is 0. The summed E-state index contributed by atoms with van der Waals surface area (Å²) < 4.78 is 0. The van der Waals surface area contributed by atoms with E-state index in [0.29, 0.717) is 6.04 Å². The van der Waals surface area contributed by atoms with Crippen LogP contribution in [0.4, 0.5) is 0 Å². The van der Waals surface area contributed by atoms with Gasteiger partial charge in [-0.1, -0.05) is 37.1 Å². The lowest BCUT2D eigenvalue weighted by atomic mass is 9.66. The van der Waals surface area contributed by atoms with Crippen molar-refractivity contribution in [3.05, 3.63) is 35.4 Å². The number of hydrogen-bond acceptors (Lipinski definition) is 1. The van der Waals surface area contributed by atoms with E-state index in [0.717, 1.165) is 18.3 Å². The summed E-state index contributed by atoms with van der Waals surface area (Å²) in [4.78, 5) is 0. The number of rotatable bonds is 0. The van der Waals surface area contributed by atoms with Crippen LogP contribution in [0.2, 0.25) is 0 Å². The Balaban J connectivity index is 2.02. The van der Waals surface area contributed by atoms with Crippen molar-refractivity contribution in [3.63, 3.8) is 0 Å². The second kappa shape index (κ2) is 3.64. The molecule has 0 amide bonds. The quantitative estimate of drug-likeness (QED) is 0.686. The minimum Gasteiger partial charge on any atom is -0.327 e. The maximum absolute atomic E-state index is 6.30. The predicted molar refractivity (Wildman–Crippen MR) is 62.8 cm³/mol. The molecule has 0 spiro atoms. The van der Waals surface area contributed by atoms with Crippen molar-refractivity contribution in [2.45, 2.75) is 44.1 Å². The zero-order valence-corrected chi connectivity index (χ0v) is 9.15. The Labute approximate surface area is 91.7 Å². The van der Waals surface area contributed by atoms with Gasteiger partial charge in [0.05, 0.1) is 0 Å². The highest BCUT2D eigenvalue weighted by Crippen LogP contribution is 2.44. The van der Waals surface area contributed by atoms with Crippen molar-refractivity contribution in [1.82, 2.24) is 0 Å². The molecule has 1 aromatic rings. The Kier molecular flexibility index (Phi) is 2.28. The fourth-order valence-electron chi connectivity index (χ4n) is 3.55. The van der Waals surface area contributed by atoms with Crippen molar-refractivity contribution >= 4 is 0 Å². The van der Waals surface area contributed by atoms with E-state index in [9.17, 15) is 0 Å². The van der Waals surface area contributed by atoms with Crippen molar-refractivity contribution in [2.24, 2.45) is 11.7 Å². The van der Waals surface area contributed by atoms with Gasteiger partial charge < -0.3 is 5.73 Å². The van der Waals surface area contributed by atoms with Crippen molar-refractivity contribution in [1.29, 1.82) is 0 Å². The van der Waals surface area contributed by atoms with Crippen LogP contribution in [0.25, 0.3) is 0 Å². The standard InChI is InChI=1S/C14H19N/c15-14-9-10-5-1-2-6-11(10)12-7-3-4-8-13(12)14/h1-2,5-6,12-14H,3-4,7-9,15H2. The average Bonchev–Trinajstić information content (AvgIpc) is 2.30. The van der Waals surface area contributed by atoms with Crippen LogP contribution in [-0.2, 0) is 6.42 Å². The third-order valence-electron chi connectivity index (χ3n) is 4.28. The van der Waals surface area contributed by atoms with Gasteiger partial charge in [-0.25, -0.2) is 0 Å². The van der Waals surface area contributed by atoms with Crippen LogP contribution < -0.4 is 5.73 Å². The highest BCUT2D eigenvalue weighted by Gasteiger charge is 2.35. The van der Waals surface area contributed by atoms with Gasteiger partial charge in [-0.3, -0.25) is 0 Å². The Bertz CT molecular complexity index is 358. The Morgan fingerprint density at radius 3 is 2.80 bits per heavy atom. The highest BCUT2D eigenvalue weighted by atomic mass is 14.7. The number of hydrogen-bond donors (Lipinski definition) is 1. The molecule has 2 aliphatic rings. The molecular formula is C14H19N. The number of benzene rings is 1. The predicted octanol–water partition coefficient (Wildman–Crippen LogP) is 2.84. The molecule has 0 radical (unpaired) electrons. The first kappa shape index (κ1) is 9.41. The van der Waals surface area contributed by atoms with Crippen LogP contribution in [0.15, 0.2) is 24.3 Å². The highest BCUT2D eigenvalue weighted by molar-refractivity contribution is 5.35. The van der Waals surface area contributed by atoms with Gasteiger partial charge in [0.1, 0.15) is 0 Å². The molecule has 3 unspecified atom stereocenters. The van der Waals surface area contributed by atoms with E-state index in [4.69, 9.17) is 5.73 Å². The van der Waals surface area contributed by atoms with Gasteiger partial charge in [-0.2, -0.15) is 0 Å². The van der Waals surface area contributed by atoms with Crippen LogP contribution in [-0.4, -0.2) is 6.04 Å². The first-order chi connectivity index (χ1) is 7.36. The molecule has 1 heteroatoms. The van der Waals surface area contributed by atoms with Gasteiger partial charge in [0.25, 0.3) is 0 Å². The largest absolute Gasteiger partial charge is 0.327 e. The normalized spacial score (nSPS) is 34.3. The first-order valence-electron chi connectivity index (χ1n) is 6.19. The number of fused-ring (bicyclic) bond motifs is 3. The van der Waals surface area contributed by atoms with Gasteiger partial charge >= 0.3 is 0 Å². The topological polar surface area (TPSA) is 26.0 Å². The molecule has 1 aromatic carbocycles. The molecule has 0 aromatic heterocycles. The number of nitrogens with two attached hydrogens (primary N) is 1. The zero-order chi connectivity index (χ0) is 10.3. The Hall–Kier alpha value is -0.820. The van der Waals surface area contributed by atoms with Crippen LogP contribution in [0.5, 0.6) is 0 Å². The lowest BCUT2D eigenvalue weighted by Crippen LogP contribution is -2.41. The van der Waals surface area contributed by atoms with Gasteiger partial charge in [-0.05, 0) is 42.2 Å². The molecule has 2 N–H and O–H groups in total. The monoisotopic (exact) mass is 201 g/mol. The molecule has 1 nitrogen and oxygen atoms in total. The minimum absolute atomic E-state index is 0.408. The molecule has 3 atom stereocenters. The molecule has 0 saturated heterocycles. The Morgan fingerprint density at radius 2 is 1.87 bits per heavy atom. The molecule has 3 rings (SSSR count). The molecule has 2 aliphatic carbocycles. The first-order valence-corrected chi connectivity index (χ1v) is 6.19. The van der Waals surface area contributed by atoms with E-state index in [2.05, 4.69) is 24.3 Å². The van der Waals surface area contributed by atoms with Crippen LogP contribution in [0.1, 0.15) is 42.7 Å². The second-order valence-corrected chi connectivity index (χ2v) is 5.12. The molecule has 1 fully saturated rings. The van der Waals surface area contributed by atoms with Gasteiger partial charge in [0.15, 0.2) is 0 Å². The summed E-state index contributed by atoms with van der Waals surface area (Å²) in [6, 6.07) is 9.32. The minimum atomic E-state index is 0.408. The molecule has 15 heavy (non-hydrogen) atoms. The molecule has 0 heterocycles. The molecule has 1 saturated carbocycles. The molecular weight excluding hydrogens is 182 g/mol. The third kappa shape index (κ3) is 1.50. The summed E-state index contributed by atoms with van der Waals surface area (Å²) in [5.41, 5.74) is 9.41. The smallest absolute Gasteiger partial charge is 0.0114 e. The zero-order valence-electron chi connectivity index (χ0n) is 9.15. The summed E-state index contributed by atoms with van der Waals surface area (Å²) in [6.07, 6.45) is 6.58. The summed E-state index contributed by atoms with van der Waals surface area (Å²) in [5.74, 6) is 1.52. The van der Waals surface area contributed by atoms with E-state index in [1.807, 2.05) is 0 Å². The van der Waals surface area contributed by atoms with E-state index < -0.39 is 0 Å². The fourth-order valence-corrected chi connectivity index (χ4v) is 3.55. The lowest BCUT2D eigenvalue weighted by Gasteiger charge is -2.41. The molecule has 0 aliphatic heterocycles. The van der Waals surface area contributed by atoms with E-state index >= 15 is 0 Å². The van der Waals surface area contributed by atoms with E-state index in [1.165, 1.54) is 31.2 Å². The molecule has 0 bridgehead atoms. The van der Waals surface area contributed by atoms with Gasteiger partial charge in [0.2, 0.25) is 0 Å². The van der Waals surface area contributed by atoms with Crippen LogP contribution >= 0.6 is 0 Å². The fraction of sp³-hybridized carbons (Fsp3) is 0.571. The lowest BCUT2D eigenvalue weighted by molar-refractivity contribution is 0.245. The third-order valence-corrected chi connectivity index (χ3v) is 4.28. The summed E-state index contributed by atoms with van der Waals surface area (Å²) in [7, 11) is 0. The van der Waals surface area contributed by atoms with Gasteiger partial charge in [0, 0.05) is 6.04 Å². The second-order valence-electron chi connectivity index (χ2n) is 5.12. The average molecular weight is 201 g/mol. The maximum Gasteiger partial charge on any atom is 0.0114 e. The van der Waals surface area contributed by atoms with E-state index in [1.54, 1.807) is 5.56 Å². The van der Waals surface area contributed by atoms with Crippen molar-refractivity contribution in [2.75, 3.05) is 0 Å². The molecule has 80 valence electrons. The van der Waals surface area contributed by atoms with Crippen molar-refractivity contribution < 1.29 is 0 Å². The SMILES string of the molecule is NC1Cc2ccccc2C2CCCCC12. The van der Waals surface area contributed by atoms with E-state index in [-0.39, 0.29) is 0 Å². The van der Waals surface area contributed by atoms with Crippen LogP contribution in [0.3, 0.4) is 0 Å². The van der Waals surface area contributed by atoms with Crippen LogP contribution in [0, 0.1) is 5.92 Å².